The van der Waals surface area contributed by atoms with E-state index < -0.39 is 44.6 Å². The number of rotatable bonds is 7. The van der Waals surface area contributed by atoms with Crippen LogP contribution in [0.1, 0.15) is 35.7 Å². The third-order valence-corrected chi connectivity index (χ3v) is 6.73. The monoisotopic (exact) mass is 507 g/mol. The van der Waals surface area contributed by atoms with Gasteiger partial charge < -0.3 is 10.1 Å². The molecule has 178 valence electrons. The number of hydrogen-bond acceptors (Lipinski definition) is 6. The van der Waals surface area contributed by atoms with Gasteiger partial charge in [-0.1, -0.05) is 11.6 Å². The Bertz CT molecular complexity index is 1370. The van der Waals surface area contributed by atoms with Crippen molar-refractivity contribution in [3.8, 4) is 5.75 Å². The molecule has 0 aliphatic carbocycles. The second-order valence-corrected chi connectivity index (χ2v) is 10.0. The topological polar surface area (TPSA) is 97.4 Å². The molecule has 1 aliphatic heterocycles. The summed E-state index contributed by atoms with van der Waals surface area (Å²) in [5.74, 6) is -3.35. The molecule has 0 radical (unpaired) electrons. The molecule has 1 aromatic heterocycles. The molecule has 4 rings (SSSR count). The summed E-state index contributed by atoms with van der Waals surface area (Å²) in [6, 6.07) is 8.79. The van der Waals surface area contributed by atoms with Gasteiger partial charge in [-0.05, 0) is 56.3 Å². The van der Waals surface area contributed by atoms with Gasteiger partial charge in [-0.15, -0.1) is 0 Å². The lowest BCUT2D eigenvalue weighted by molar-refractivity contribution is 0.0958. The quantitative estimate of drug-likeness (QED) is 0.437. The van der Waals surface area contributed by atoms with Gasteiger partial charge in [0.05, 0.1) is 33.2 Å². The van der Waals surface area contributed by atoms with Gasteiger partial charge in [0.2, 0.25) is 0 Å². The molecule has 1 atom stereocenters. The maximum absolute atomic E-state index is 15.3. The second-order valence-electron chi connectivity index (χ2n) is 7.92. The number of benzene rings is 2. The van der Waals surface area contributed by atoms with Crippen LogP contribution >= 0.6 is 11.6 Å². The second kappa shape index (κ2) is 9.19. The fourth-order valence-electron chi connectivity index (χ4n) is 3.62. The first kappa shape index (κ1) is 23.9. The number of sulfonamides is 1. The van der Waals surface area contributed by atoms with E-state index in [0.29, 0.717) is 17.1 Å². The van der Waals surface area contributed by atoms with Crippen molar-refractivity contribution in [3.63, 3.8) is 0 Å². The molecule has 0 saturated carbocycles. The minimum Gasteiger partial charge on any atom is -0.491 e. The van der Waals surface area contributed by atoms with E-state index in [1.54, 1.807) is 0 Å². The van der Waals surface area contributed by atoms with Gasteiger partial charge in [0.1, 0.15) is 17.4 Å². The van der Waals surface area contributed by atoms with Crippen molar-refractivity contribution >= 4 is 38.9 Å². The molecule has 0 amide bonds. The number of anilines is 2. The molecular weight excluding hydrogens is 488 g/mol. The van der Waals surface area contributed by atoms with E-state index in [4.69, 9.17) is 16.3 Å². The number of halogens is 3. The van der Waals surface area contributed by atoms with E-state index in [9.17, 15) is 17.6 Å². The molecule has 34 heavy (non-hydrogen) atoms. The summed E-state index contributed by atoms with van der Waals surface area (Å²) in [5.41, 5.74) is -0.992. The van der Waals surface area contributed by atoms with Crippen LogP contribution in [0, 0.1) is 11.6 Å². The molecule has 0 bridgehead atoms. The smallest absolute Gasteiger partial charge is 0.261 e. The van der Waals surface area contributed by atoms with E-state index in [0.717, 1.165) is 12.1 Å². The summed E-state index contributed by atoms with van der Waals surface area (Å²) < 4.78 is 63.0. The van der Waals surface area contributed by atoms with E-state index in [1.165, 1.54) is 36.5 Å². The lowest BCUT2D eigenvalue weighted by Gasteiger charge is -2.15. The normalized spacial score (nSPS) is 15.1. The summed E-state index contributed by atoms with van der Waals surface area (Å²) >= 11 is 5.96. The zero-order valence-electron chi connectivity index (χ0n) is 18.1. The van der Waals surface area contributed by atoms with Crippen LogP contribution in [-0.2, 0) is 10.0 Å². The predicted octanol–water partition coefficient (Wildman–Crippen LogP) is 4.99. The standard InChI is InChI=1S/C23H20ClF2N3O4S/c1-12(2)33-14-3-5-15(6-4-14)34(31,32)29-19-8-7-18(25)20(21(19)26)22(30)17-11-28-23-16(17)9-13(24)10-27-23/h3-10,12,17,29H,11H2,1-2H3,(H,27,28). The lowest BCUT2D eigenvalue weighted by Crippen LogP contribution is -2.20. The first-order valence-electron chi connectivity index (χ1n) is 10.3. The molecule has 0 saturated heterocycles. The Hall–Kier alpha value is -3.24. The molecule has 0 spiro atoms. The van der Waals surface area contributed by atoms with Gasteiger partial charge in [-0.2, -0.15) is 0 Å². The highest BCUT2D eigenvalue weighted by molar-refractivity contribution is 7.92. The van der Waals surface area contributed by atoms with Crippen LogP contribution in [0.15, 0.2) is 53.6 Å². The van der Waals surface area contributed by atoms with E-state index in [-0.39, 0.29) is 22.6 Å². The number of hydrogen-bond donors (Lipinski definition) is 2. The SMILES string of the molecule is CC(C)Oc1ccc(S(=O)(=O)Nc2ccc(F)c(C(=O)C3CNc4ncc(Cl)cc43)c2F)cc1. The summed E-state index contributed by atoms with van der Waals surface area (Å²) in [6.07, 6.45) is 1.29. The number of ketones is 1. The number of fused-ring (bicyclic) bond motifs is 1. The molecule has 2 aromatic carbocycles. The largest absolute Gasteiger partial charge is 0.491 e. The van der Waals surface area contributed by atoms with Crippen molar-refractivity contribution < 1.29 is 26.7 Å². The zero-order valence-corrected chi connectivity index (χ0v) is 19.7. The third-order valence-electron chi connectivity index (χ3n) is 5.14. The minimum atomic E-state index is -4.23. The molecular formula is C23H20ClF2N3O4S. The van der Waals surface area contributed by atoms with Crippen molar-refractivity contribution in [1.29, 1.82) is 0 Å². The van der Waals surface area contributed by atoms with E-state index in [2.05, 4.69) is 15.0 Å². The fourth-order valence-corrected chi connectivity index (χ4v) is 4.84. The lowest BCUT2D eigenvalue weighted by atomic mass is 9.92. The molecule has 2 heterocycles. The Morgan fingerprint density at radius 3 is 2.59 bits per heavy atom. The fraction of sp³-hybridized carbons (Fsp3) is 0.217. The number of pyridine rings is 1. The average molecular weight is 508 g/mol. The van der Waals surface area contributed by atoms with E-state index >= 15 is 4.39 Å². The van der Waals surface area contributed by atoms with Gasteiger partial charge >= 0.3 is 0 Å². The number of ether oxygens (including phenoxy) is 1. The summed E-state index contributed by atoms with van der Waals surface area (Å²) in [4.78, 5) is 17.0. The van der Waals surface area contributed by atoms with Crippen LogP contribution in [-0.4, -0.2) is 31.8 Å². The molecule has 2 N–H and O–H groups in total. The number of nitrogens with one attached hydrogen (secondary N) is 2. The molecule has 11 heteroatoms. The molecule has 3 aromatic rings. The zero-order chi connectivity index (χ0) is 24.6. The van der Waals surface area contributed by atoms with Crippen molar-refractivity contribution in [2.45, 2.75) is 30.8 Å². The van der Waals surface area contributed by atoms with Crippen LogP contribution in [0.3, 0.4) is 0 Å². The van der Waals surface area contributed by atoms with Crippen molar-refractivity contribution in [2.24, 2.45) is 0 Å². The van der Waals surface area contributed by atoms with Gasteiger partial charge in [0.25, 0.3) is 10.0 Å². The predicted molar refractivity (Wildman–Crippen MR) is 124 cm³/mol. The first-order chi connectivity index (χ1) is 16.1. The summed E-state index contributed by atoms with van der Waals surface area (Å²) in [6.45, 7) is 3.72. The van der Waals surface area contributed by atoms with Crippen molar-refractivity contribution in [1.82, 2.24) is 4.98 Å². The molecule has 1 aliphatic rings. The Morgan fingerprint density at radius 2 is 1.91 bits per heavy atom. The summed E-state index contributed by atoms with van der Waals surface area (Å²) in [7, 11) is -4.23. The maximum atomic E-state index is 15.3. The third kappa shape index (κ3) is 4.69. The Kier molecular flexibility index (Phi) is 6.46. The highest BCUT2D eigenvalue weighted by Crippen LogP contribution is 2.36. The first-order valence-corrected chi connectivity index (χ1v) is 12.1. The van der Waals surface area contributed by atoms with Crippen LogP contribution < -0.4 is 14.8 Å². The number of aromatic nitrogens is 1. The van der Waals surface area contributed by atoms with Crippen LogP contribution in [0.5, 0.6) is 5.75 Å². The van der Waals surface area contributed by atoms with E-state index in [1.807, 2.05) is 13.8 Å². The van der Waals surface area contributed by atoms with Crippen LogP contribution in [0.25, 0.3) is 0 Å². The molecule has 0 fully saturated rings. The Balaban J connectivity index is 1.63. The highest BCUT2D eigenvalue weighted by atomic mass is 35.5. The number of carbonyl (C=O) groups is 1. The Labute approximate surface area is 200 Å². The van der Waals surface area contributed by atoms with Gasteiger partial charge in [0.15, 0.2) is 11.6 Å². The molecule has 1 unspecified atom stereocenters. The van der Waals surface area contributed by atoms with Gasteiger partial charge in [0, 0.05) is 18.3 Å². The highest BCUT2D eigenvalue weighted by Gasteiger charge is 2.34. The minimum absolute atomic E-state index is 0.0706. The number of nitrogens with zero attached hydrogens (tertiary/aromatic N) is 1. The Morgan fingerprint density at radius 1 is 1.21 bits per heavy atom. The number of carbonyl (C=O) groups excluding carboxylic acids is 1. The van der Waals surface area contributed by atoms with Crippen molar-refractivity contribution in [3.05, 3.63) is 76.4 Å². The summed E-state index contributed by atoms with van der Waals surface area (Å²) in [5, 5.41) is 3.17. The number of Topliss-reactive ketones (excluding diaryl/α,β-unsaturated/α-hetero) is 1. The maximum Gasteiger partial charge on any atom is 0.261 e. The van der Waals surface area contributed by atoms with Crippen LogP contribution in [0.4, 0.5) is 20.3 Å². The van der Waals surface area contributed by atoms with Gasteiger partial charge in [-0.3, -0.25) is 9.52 Å². The van der Waals surface area contributed by atoms with Gasteiger partial charge in [-0.25, -0.2) is 22.2 Å². The van der Waals surface area contributed by atoms with Crippen molar-refractivity contribution in [2.75, 3.05) is 16.6 Å². The average Bonchev–Trinajstić information content (AvgIpc) is 3.18. The molecule has 7 nitrogen and oxygen atoms in total. The van der Waals surface area contributed by atoms with Crippen LogP contribution in [0.2, 0.25) is 5.02 Å².